The molecule has 0 unspecified atom stereocenters. The highest BCUT2D eigenvalue weighted by Crippen LogP contribution is 2.27. The summed E-state index contributed by atoms with van der Waals surface area (Å²) in [7, 11) is 0. The molecular weight excluding hydrogens is 422 g/mol. The third kappa shape index (κ3) is 5.22. The zero-order chi connectivity index (χ0) is 23.2. The highest BCUT2D eigenvalue weighted by Gasteiger charge is 2.16. The topological polar surface area (TPSA) is 98.0 Å². The maximum Gasteiger partial charge on any atom is 0.258 e. The molecule has 4 rings (SSSR count). The summed E-state index contributed by atoms with van der Waals surface area (Å²) in [6.45, 7) is 1.16. The van der Waals surface area contributed by atoms with E-state index in [0.29, 0.717) is 28.2 Å². The lowest BCUT2D eigenvalue weighted by Gasteiger charge is -2.17. The summed E-state index contributed by atoms with van der Waals surface area (Å²) in [6, 6.07) is 22.4. The van der Waals surface area contributed by atoms with Gasteiger partial charge in [-0.05, 0) is 36.8 Å². The summed E-state index contributed by atoms with van der Waals surface area (Å²) in [5.74, 6) is 0.979. The number of aryl methyl sites for hydroxylation is 1. The summed E-state index contributed by atoms with van der Waals surface area (Å²) >= 11 is 0. The highest BCUT2D eigenvalue weighted by molar-refractivity contribution is 5.80. The molecule has 0 aliphatic rings. The molecule has 0 saturated carbocycles. The lowest BCUT2D eigenvalue weighted by Crippen LogP contribution is -2.34. The van der Waals surface area contributed by atoms with E-state index < -0.39 is 6.04 Å². The van der Waals surface area contributed by atoms with Crippen molar-refractivity contribution in [1.82, 2.24) is 5.32 Å². The van der Waals surface area contributed by atoms with Crippen molar-refractivity contribution in [3.63, 3.8) is 0 Å². The first-order chi connectivity index (χ1) is 16.0. The quantitative estimate of drug-likeness (QED) is 0.423. The molecule has 0 bridgehead atoms. The molecule has 0 spiro atoms. The molecular formula is C26H23NO6. The zero-order valence-electron chi connectivity index (χ0n) is 18.0. The van der Waals surface area contributed by atoms with Crippen LogP contribution in [0.4, 0.5) is 0 Å². The van der Waals surface area contributed by atoms with Crippen molar-refractivity contribution in [2.75, 3.05) is 13.2 Å². The molecule has 0 fully saturated rings. The number of para-hydroxylation sites is 1. The Morgan fingerprint density at radius 2 is 1.70 bits per heavy atom. The molecule has 3 aromatic carbocycles. The van der Waals surface area contributed by atoms with Gasteiger partial charge in [-0.3, -0.25) is 9.59 Å². The molecule has 0 aliphatic heterocycles. The second kappa shape index (κ2) is 10.0. The average Bonchev–Trinajstić information content (AvgIpc) is 2.85. The van der Waals surface area contributed by atoms with Crippen LogP contribution in [0, 0.1) is 6.92 Å². The fourth-order valence-corrected chi connectivity index (χ4v) is 3.39. The summed E-state index contributed by atoms with van der Waals surface area (Å²) in [6.07, 6.45) is 0. The number of amides is 1. The number of rotatable bonds is 8. The molecule has 0 radical (unpaired) electrons. The Kier molecular flexibility index (Phi) is 6.71. The summed E-state index contributed by atoms with van der Waals surface area (Å²) in [4.78, 5) is 25.2. The van der Waals surface area contributed by atoms with Gasteiger partial charge < -0.3 is 24.3 Å². The van der Waals surface area contributed by atoms with Gasteiger partial charge in [0.25, 0.3) is 5.91 Å². The first kappa shape index (κ1) is 22.1. The van der Waals surface area contributed by atoms with E-state index in [1.54, 1.807) is 37.3 Å². The number of aliphatic hydroxyl groups excluding tert-OH is 1. The third-order valence-electron chi connectivity index (χ3n) is 5.04. The molecule has 0 saturated heterocycles. The third-order valence-corrected chi connectivity index (χ3v) is 5.04. The molecule has 4 aromatic rings. The maximum absolute atomic E-state index is 12.9. The van der Waals surface area contributed by atoms with Gasteiger partial charge in [0, 0.05) is 6.07 Å². The SMILES string of the molecule is Cc1oc2cc(OCC(=O)N[C@H](CO)c3ccccc3)ccc2c(=O)c1Oc1ccccc1. The average molecular weight is 445 g/mol. The number of hydrogen-bond donors (Lipinski definition) is 2. The molecule has 33 heavy (non-hydrogen) atoms. The van der Waals surface area contributed by atoms with E-state index in [2.05, 4.69) is 5.32 Å². The Bertz CT molecular complexity index is 1300. The number of benzene rings is 3. The van der Waals surface area contributed by atoms with Crippen molar-refractivity contribution in [3.8, 4) is 17.2 Å². The van der Waals surface area contributed by atoms with Gasteiger partial charge in [-0.1, -0.05) is 48.5 Å². The van der Waals surface area contributed by atoms with E-state index >= 15 is 0 Å². The number of hydrogen-bond acceptors (Lipinski definition) is 6. The Labute approximate surface area is 190 Å². The van der Waals surface area contributed by atoms with Crippen molar-refractivity contribution >= 4 is 16.9 Å². The number of carbonyl (C=O) groups is 1. The molecule has 2 N–H and O–H groups in total. The van der Waals surface area contributed by atoms with Crippen LogP contribution < -0.4 is 20.2 Å². The molecule has 1 amide bonds. The largest absolute Gasteiger partial charge is 0.484 e. The minimum absolute atomic E-state index is 0.123. The van der Waals surface area contributed by atoms with Crippen molar-refractivity contribution in [3.05, 3.63) is 100 Å². The van der Waals surface area contributed by atoms with Crippen LogP contribution in [0.25, 0.3) is 11.0 Å². The van der Waals surface area contributed by atoms with Crippen molar-refractivity contribution in [1.29, 1.82) is 0 Å². The van der Waals surface area contributed by atoms with E-state index in [1.165, 1.54) is 0 Å². The van der Waals surface area contributed by atoms with Gasteiger partial charge >= 0.3 is 0 Å². The fourth-order valence-electron chi connectivity index (χ4n) is 3.39. The molecule has 1 atom stereocenters. The van der Waals surface area contributed by atoms with Crippen LogP contribution in [0.2, 0.25) is 0 Å². The van der Waals surface area contributed by atoms with Gasteiger partial charge in [0.2, 0.25) is 11.2 Å². The monoisotopic (exact) mass is 445 g/mol. The smallest absolute Gasteiger partial charge is 0.258 e. The minimum atomic E-state index is -0.525. The Balaban J connectivity index is 1.46. The molecule has 1 aromatic heterocycles. The van der Waals surface area contributed by atoms with Gasteiger partial charge in [0.15, 0.2) is 6.61 Å². The van der Waals surface area contributed by atoms with Gasteiger partial charge in [0.1, 0.15) is 22.8 Å². The predicted molar refractivity (Wildman–Crippen MR) is 124 cm³/mol. The first-order valence-electron chi connectivity index (χ1n) is 10.4. The minimum Gasteiger partial charge on any atom is -0.484 e. The number of nitrogens with one attached hydrogen (secondary N) is 1. The van der Waals surface area contributed by atoms with Crippen LogP contribution in [0.3, 0.4) is 0 Å². The van der Waals surface area contributed by atoms with Crippen molar-refractivity contribution in [2.45, 2.75) is 13.0 Å². The molecule has 0 aliphatic carbocycles. The number of fused-ring (bicyclic) bond motifs is 1. The number of carbonyl (C=O) groups excluding carboxylic acids is 1. The first-order valence-corrected chi connectivity index (χ1v) is 10.4. The standard InChI is InChI=1S/C26H23NO6/c1-17-26(33-19-10-6-3-7-11-19)25(30)21-13-12-20(14-23(21)32-17)31-16-24(29)27-22(15-28)18-8-4-2-5-9-18/h2-14,22,28H,15-16H2,1H3,(H,27,29)/t22-/m1/s1. The predicted octanol–water partition coefficient (Wildman–Crippen LogP) is 4.12. The van der Waals surface area contributed by atoms with Crippen LogP contribution in [0.15, 0.2) is 88.1 Å². The van der Waals surface area contributed by atoms with E-state index in [9.17, 15) is 14.7 Å². The Morgan fingerprint density at radius 1 is 1.00 bits per heavy atom. The van der Waals surface area contributed by atoms with Crippen molar-refractivity contribution in [2.24, 2.45) is 0 Å². The Morgan fingerprint density at radius 3 is 2.39 bits per heavy atom. The van der Waals surface area contributed by atoms with E-state index in [4.69, 9.17) is 13.9 Å². The van der Waals surface area contributed by atoms with E-state index in [0.717, 1.165) is 5.56 Å². The van der Waals surface area contributed by atoms with Crippen LogP contribution in [0.1, 0.15) is 17.4 Å². The Hall–Kier alpha value is -4.10. The molecule has 1 heterocycles. The van der Waals surface area contributed by atoms with Crippen LogP contribution >= 0.6 is 0 Å². The molecule has 168 valence electrons. The van der Waals surface area contributed by atoms with Crippen LogP contribution in [0.5, 0.6) is 17.2 Å². The van der Waals surface area contributed by atoms with Crippen molar-refractivity contribution < 1.29 is 23.8 Å². The van der Waals surface area contributed by atoms with Gasteiger partial charge in [-0.2, -0.15) is 0 Å². The summed E-state index contributed by atoms with van der Waals surface area (Å²) < 4.78 is 17.1. The normalized spacial score (nSPS) is 11.7. The molecule has 7 nitrogen and oxygen atoms in total. The summed E-state index contributed by atoms with van der Waals surface area (Å²) in [5.41, 5.74) is 0.828. The second-order valence-corrected chi connectivity index (χ2v) is 7.39. The van der Waals surface area contributed by atoms with E-state index in [1.807, 2.05) is 48.5 Å². The maximum atomic E-state index is 12.9. The lowest BCUT2D eigenvalue weighted by atomic mass is 10.1. The van der Waals surface area contributed by atoms with Crippen LogP contribution in [-0.2, 0) is 4.79 Å². The number of aliphatic hydroxyl groups is 1. The fraction of sp³-hybridized carbons (Fsp3) is 0.154. The van der Waals surface area contributed by atoms with Gasteiger partial charge in [-0.15, -0.1) is 0 Å². The van der Waals surface area contributed by atoms with Gasteiger partial charge in [-0.25, -0.2) is 0 Å². The zero-order valence-corrected chi connectivity index (χ0v) is 18.0. The molecule has 7 heteroatoms. The second-order valence-electron chi connectivity index (χ2n) is 7.39. The lowest BCUT2D eigenvalue weighted by molar-refractivity contribution is -0.124. The highest BCUT2D eigenvalue weighted by atomic mass is 16.5. The van der Waals surface area contributed by atoms with Crippen LogP contribution in [-0.4, -0.2) is 24.2 Å². The van der Waals surface area contributed by atoms with Gasteiger partial charge in [0.05, 0.1) is 18.0 Å². The number of ether oxygens (including phenoxy) is 2. The van der Waals surface area contributed by atoms with E-state index in [-0.39, 0.29) is 30.3 Å². The summed E-state index contributed by atoms with van der Waals surface area (Å²) in [5, 5.41) is 12.7.